The van der Waals surface area contributed by atoms with Crippen LogP contribution >= 0.6 is 0 Å². The van der Waals surface area contributed by atoms with E-state index in [0.717, 1.165) is 9.47 Å². The molecule has 1 aliphatic rings. The minimum absolute atomic E-state index is 0.226. The van der Waals surface area contributed by atoms with Gasteiger partial charge in [0.1, 0.15) is 18.0 Å². The molecule has 2 N–H and O–H groups in total. The maximum atomic E-state index is 14.4. The number of amides is 3. The van der Waals surface area contributed by atoms with Gasteiger partial charge < -0.3 is 24.8 Å². The number of aromatic nitrogens is 2. The summed E-state index contributed by atoms with van der Waals surface area (Å²) in [5, 5.41) is 13.2. The van der Waals surface area contributed by atoms with E-state index in [0.29, 0.717) is 12.1 Å². The number of nitrogens with one attached hydrogen (secondary N) is 2. The van der Waals surface area contributed by atoms with Crippen LogP contribution in [0.5, 0.6) is 0 Å². The van der Waals surface area contributed by atoms with E-state index >= 15 is 0 Å². The highest BCUT2D eigenvalue weighted by atomic mass is 19.4. The Balaban J connectivity index is 1.87. The first kappa shape index (κ1) is 31.2. The highest BCUT2D eigenvalue weighted by molar-refractivity contribution is 5.94. The molecule has 2 heterocycles. The number of benzene rings is 1. The number of alkyl carbamates (subject to hydrolysis) is 1. The van der Waals surface area contributed by atoms with E-state index < -0.39 is 90.6 Å². The van der Waals surface area contributed by atoms with Gasteiger partial charge in [0.15, 0.2) is 17.3 Å². The lowest BCUT2D eigenvalue weighted by Crippen LogP contribution is -2.46. The molecule has 0 aliphatic carbocycles. The number of hydrogen-bond acceptors (Lipinski definition) is 6. The van der Waals surface area contributed by atoms with Crippen molar-refractivity contribution in [2.45, 2.75) is 64.5 Å². The van der Waals surface area contributed by atoms with E-state index in [4.69, 9.17) is 10.00 Å². The third kappa shape index (κ3) is 7.89. The molecule has 0 fully saturated rings. The topological polar surface area (TPSA) is 129 Å². The van der Waals surface area contributed by atoms with E-state index in [1.165, 1.54) is 0 Å². The lowest BCUT2D eigenvalue weighted by Gasteiger charge is -2.31. The van der Waals surface area contributed by atoms with Crippen LogP contribution < -0.4 is 10.6 Å². The Hall–Kier alpha value is -4.29. The molecule has 10 nitrogen and oxygen atoms in total. The summed E-state index contributed by atoms with van der Waals surface area (Å²) in [6.45, 7) is 3.12. The zero-order valence-electron chi connectivity index (χ0n) is 22.2. The smallest absolute Gasteiger partial charge is 0.444 e. The van der Waals surface area contributed by atoms with Crippen molar-refractivity contribution in [3.63, 3.8) is 0 Å². The van der Waals surface area contributed by atoms with Crippen LogP contribution in [0.1, 0.15) is 54.8 Å². The molecule has 41 heavy (non-hydrogen) atoms. The number of imidazole rings is 1. The monoisotopic (exact) mass is 588 g/mol. The predicted molar refractivity (Wildman–Crippen MR) is 128 cm³/mol. The highest BCUT2D eigenvalue weighted by Crippen LogP contribution is 2.32. The van der Waals surface area contributed by atoms with E-state index in [9.17, 15) is 40.7 Å². The summed E-state index contributed by atoms with van der Waals surface area (Å²) < 4.78 is 88.2. The third-order valence-electron chi connectivity index (χ3n) is 5.85. The van der Waals surface area contributed by atoms with Gasteiger partial charge in [-0.25, -0.2) is 22.9 Å². The summed E-state index contributed by atoms with van der Waals surface area (Å²) >= 11 is 0. The molecule has 1 aromatic heterocycles. The zero-order chi connectivity index (χ0) is 30.7. The number of halogens is 6. The number of carbonyl (C=O) groups excluding carboxylic acids is 3. The normalized spacial score (nSPS) is 14.1. The van der Waals surface area contributed by atoms with Crippen molar-refractivity contribution in [3.05, 3.63) is 52.4 Å². The molecule has 1 aromatic carbocycles. The molecule has 0 spiro atoms. The predicted octanol–water partition coefficient (Wildman–Crippen LogP) is 3.44. The third-order valence-corrected chi connectivity index (χ3v) is 5.85. The lowest BCUT2D eigenvalue weighted by molar-refractivity contribution is -0.148. The molecule has 2 aromatic rings. The van der Waals surface area contributed by atoms with Crippen molar-refractivity contribution in [3.8, 4) is 6.07 Å². The van der Waals surface area contributed by atoms with Crippen molar-refractivity contribution >= 4 is 17.9 Å². The van der Waals surface area contributed by atoms with Crippen molar-refractivity contribution in [1.29, 1.82) is 5.26 Å². The van der Waals surface area contributed by atoms with Crippen LogP contribution in [0, 0.1) is 28.8 Å². The first-order valence-electron chi connectivity index (χ1n) is 12.2. The Morgan fingerprint density at radius 3 is 2.37 bits per heavy atom. The van der Waals surface area contributed by atoms with Crippen LogP contribution in [0.2, 0.25) is 0 Å². The summed E-state index contributed by atoms with van der Waals surface area (Å²) in [6, 6.07) is 1.33. The molecule has 1 aliphatic heterocycles. The fourth-order valence-electron chi connectivity index (χ4n) is 4.16. The lowest BCUT2D eigenvalue weighted by atomic mass is 10.0. The number of rotatable bonds is 7. The van der Waals surface area contributed by atoms with Crippen LogP contribution in [0.3, 0.4) is 0 Å². The number of ether oxygens (including phenoxy) is 1. The van der Waals surface area contributed by atoms with Crippen LogP contribution in [0.15, 0.2) is 12.1 Å². The van der Waals surface area contributed by atoms with Gasteiger partial charge in [-0.2, -0.15) is 18.4 Å². The van der Waals surface area contributed by atoms with E-state index in [1.54, 1.807) is 26.8 Å². The molecular weight excluding hydrogens is 562 g/mol. The molecule has 1 atom stereocenters. The van der Waals surface area contributed by atoms with Gasteiger partial charge >= 0.3 is 12.3 Å². The summed E-state index contributed by atoms with van der Waals surface area (Å²) in [5.41, 5.74) is -2.13. The summed E-state index contributed by atoms with van der Waals surface area (Å²) in [7, 11) is 0. The van der Waals surface area contributed by atoms with Gasteiger partial charge in [-0.3, -0.25) is 9.59 Å². The van der Waals surface area contributed by atoms with Gasteiger partial charge in [0.05, 0.1) is 18.3 Å². The van der Waals surface area contributed by atoms with Crippen LogP contribution in [-0.2, 0) is 35.2 Å². The van der Waals surface area contributed by atoms with Crippen LogP contribution in [0.4, 0.5) is 31.1 Å². The number of alkyl halides is 3. The molecule has 0 radical (unpaired) electrons. The minimum Gasteiger partial charge on any atom is -0.444 e. The SMILES string of the molecule is CC(C)(C)OC(=O)NC(CC(=O)N1CCn2c(C(F)(F)F)nc(C(=O)NCC#N)c2C1)Cc1cc(F)c(F)cc1F. The molecule has 0 saturated carbocycles. The molecule has 222 valence electrons. The second kappa shape index (κ2) is 12.1. The quantitative estimate of drug-likeness (QED) is 0.290. The largest absolute Gasteiger partial charge is 0.449 e. The first-order valence-corrected chi connectivity index (χ1v) is 12.2. The number of fused-ring (bicyclic) bond motifs is 1. The van der Waals surface area contributed by atoms with Crippen molar-refractivity contribution in [2.75, 3.05) is 13.1 Å². The minimum atomic E-state index is -4.91. The average molecular weight is 589 g/mol. The zero-order valence-corrected chi connectivity index (χ0v) is 22.2. The maximum Gasteiger partial charge on any atom is 0.449 e. The van der Waals surface area contributed by atoms with Gasteiger partial charge in [0.2, 0.25) is 11.7 Å². The Bertz CT molecular complexity index is 1380. The summed E-state index contributed by atoms with van der Waals surface area (Å²) in [5.74, 6) is -7.01. The number of nitriles is 1. The number of hydrogen-bond donors (Lipinski definition) is 2. The Kier molecular flexibility index (Phi) is 9.19. The average Bonchev–Trinajstić information content (AvgIpc) is 3.24. The second-order valence-corrected chi connectivity index (χ2v) is 10.1. The van der Waals surface area contributed by atoms with Gasteiger partial charge in [-0.1, -0.05) is 0 Å². The molecule has 0 saturated heterocycles. The van der Waals surface area contributed by atoms with Crippen LogP contribution in [0.25, 0.3) is 0 Å². The standard InChI is InChI=1S/C25H26F6N6O4/c1-24(2,3)41-23(40)34-14(8-13-9-16(27)17(28)11-15(13)26)10-19(38)36-6-7-37-18(12-36)20(21(39)33-5-4-32)35-22(37)25(29,30)31/h9,11,14H,5-8,10,12H2,1-3H3,(H,33,39)(H,34,40). The molecule has 16 heteroatoms. The maximum absolute atomic E-state index is 14.4. The van der Waals surface area contributed by atoms with Crippen molar-refractivity contribution in [1.82, 2.24) is 25.1 Å². The first-order chi connectivity index (χ1) is 19.0. The van der Waals surface area contributed by atoms with Gasteiger partial charge in [-0.15, -0.1) is 0 Å². The fraction of sp³-hybridized carbons (Fsp3) is 0.480. The van der Waals surface area contributed by atoms with E-state index in [2.05, 4.69) is 15.6 Å². The second-order valence-electron chi connectivity index (χ2n) is 10.1. The fourth-order valence-corrected chi connectivity index (χ4v) is 4.16. The van der Waals surface area contributed by atoms with E-state index in [1.807, 2.05) is 0 Å². The Labute approximate surface area is 230 Å². The van der Waals surface area contributed by atoms with Crippen LogP contribution in [-0.4, -0.2) is 57.1 Å². The van der Waals surface area contributed by atoms with Gasteiger partial charge in [-0.05, 0) is 38.8 Å². The number of nitrogens with zero attached hydrogens (tertiary/aromatic N) is 4. The van der Waals surface area contributed by atoms with Gasteiger partial charge in [0, 0.05) is 31.6 Å². The van der Waals surface area contributed by atoms with Crippen molar-refractivity contribution in [2.24, 2.45) is 0 Å². The highest BCUT2D eigenvalue weighted by Gasteiger charge is 2.42. The Morgan fingerprint density at radius 2 is 1.76 bits per heavy atom. The number of carbonyl (C=O) groups is 3. The molecular formula is C25H26F6N6O4. The molecule has 3 rings (SSSR count). The summed E-state index contributed by atoms with van der Waals surface area (Å²) in [6.07, 6.45) is -6.89. The summed E-state index contributed by atoms with van der Waals surface area (Å²) in [4.78, 5) is 42.6. The molecule has 3 amide bonds. The Morgan fingerprint density at radius 1 is 1.10 bits per heavy atom. The molecule has 0 bridgehead atoms. The molecule has 1 unspecified atom stereocenters. The van der Waals surface area contributed by atoms with E-state index in [-0.39, 0.29) is 24.3 Å². The van der Waals surface area contributed by atoms with Gasteiger partial charge in [0.25, 0.3) is 5.91 Å². The van der Waals surface area contributed by atoms with Crippen molar-refractivity contribution < 1.29 is 45.5 Å².